The van der Waals surface area contributed by atoms with Crippen molar-refractivity contribution in [2.75, 3.05) is 0 Å². The minimum atomic E-state index is -1.64. The number of ketones is 1. The Hall–Kier alpha value is -3.19. The summed E-state index contributed by atoms with van der Waals surface area (Å²) in [6.07, 6.45) is 0.677. The van der Waals surface area contributed by atoms with Crippen LogP contribution in [0.5, 0.6) is 28.7 Å². The van der Waals surface area contributed by atoms with Gasteiger partial charge in [-0.25, -0.2) is 0 Å². The summed E-state index contributed by atoms with van der Waals surface area (Å²) in [5, 5.41) is 40.3. The Bertz CT molecular complexity index is 990. The maximum atomic E-state index is 12.7. The number of fused-ring (bicyclic) bond motifs is 3. The molecule has 2 aromatic rings. The molecule has 7 nitrogen and oxygen atoms in total. The quantitative estimate of drug-likeness (QED) is 0.610. The van der Waals surface area contributed by atoms with Gasteiger partial charge in [-0.2, -0.15) is 0 Å². The molecule has 0 bridgehead atoms. The first-order valence-corrected chi connectivity index (χ1v) is 8.37. The molecule has 27 heavy (non-hydrogen) atoms. The van der Waals surface area contributed by atoms with Gasteiger partial charge in [0.1, 0.15) is 39.9 Å². The van der Waals surface area contributed by atoms with E-state index in [1.54, 1.807) is 12.2 Å². The second kappa shape index (κ2) is 5.65. The van der Waals surface area contributed by atoms with Crippen LogP contribution < -0.4 is 9.47 Å². The lowest BCUT2D eigenvalue weighted by Crippen LogP contribution is -2.37. The van der Waals surface area contributed by atoms with E-state index in [2.05, 4.69) is 0 Å². The highest BCUT2D eigenvalue weighted by Crippen LogP contribution is 2.49. The number of rotatable bonds is 1. The first kappa shape index (κ1) is 17.2. The van der Waals surface area contributed by atoms with Gasteiger partial charge in [0.25, 0.3) is 0 Å². The molecule has 0 unspecified atom stereocenters. The smallest absolute Gasteiger partial charge is 0.202 e. The van der Waals surface area contributed by atoms with Crippen molar-refractivity contribution < 1.29 is 34.7 Å². The van der Waals surface area contributed by atoms with Crippen molar-refractivity contribution in [1.82, 2.24) is 0 Å². The molecule has 2 heterocycles. The molecule has 0 aliphatic carbocycles. The highest BCUT2D eigenvalue weighted by atomic mass is 16.5. The molecule has 4 N–H and O–H groups in total. The standard InChI is InChI=1S/C20H18O7/c1-20(2)6-5-11-14(27-20)8-13(23)15-16(24)17(25)19(26-18(11)15)10-4-3-9(21)7-12(10)22/h3-8,17,19,21-23,25H,1-2H3/t17-,19+/m0/s1. The zero-order chi connectivity index (χ0) is 19.5. The average molecular weight is 370 g/mol. The number of phenolic OH excluding ortho intramolecular Hbond substituents is 3. The van der Waals surface area contributed by atoms with Gasteiger partial charge < -0.3 is 29.9 Å². The molecule has 0 spiro atoms. The number of benzene rings is 2. The summed E-state index contributed by atoms with van der Waals surface area (Å²) >= 11 is 0. The van der Waals surface area contributed by atoms with E-state index in [4.69, 9.17) is 9.47 Å². The van der Waals surface area contributed by atoms with Gasteiger partial charge in [0.2, 0.25) is 5.78 Å². The van der Waals surface area contributed by atoms with E-state index >= 15 is 0 Å². The summed E-state index contributed by atoms with van der Waals surface area (Å²) in [7, 11) is 0. The van der Waals surface area contributed by atoms with Crippen LogP contribution in [0, 0.1) is 0 Å². The number of aliphatic hydroxyl groups is 1. The molecular formula is C20H18O7. The first-order valence-electron chi connectivity index (χ1n) is 8.37. The Labute approximate surface area is 154 Å². The molecular weight excluding hydrogens is 352 g/mol. The highest BCUT2D eigenvalue weighted by molar-refractivity contribution is 6.07. The predicted octanol–water partition coefficient (Wildman–Crippen LogP) is 2.66. The van der Waals surface area contributed by atoms with Crippen molar-refractivity contribution in [2.45, 2.75) is 31.7 Å². The van der Waals surface area contributed by atoms with Gasteiger partial charge in [-0.05, 0) is 38.1 Å². The normalized spacial score (nSPS) is 22.4. The highest BCUT2D eigenvalue weighted by Gasteiger charge is 2.42. The van der Waals surface area contributed by atoms with Crippen molar-refractivity contribution in [3.8, 4) is 28.7 Å². The van der Waals surface area contributed by atoms with Crippen LogP contribution in [0.3, 0.4) is 0 Å². The average Bonchev–Trinajstić information content (AvgIpc) is 2.57. The molecule has 4 rings (SSSR count). The van der Waals surface area contributed by atoms with Crippen molar-refractivity contribution in [3.05, 3.63) is 47.0 Å². The van der Waals surface area contributed by atoms with Crippen LogP contribution in [0.15, 0.2) is 30.3 Å². The molecule has 2 atom stereocenters. The lowest BCUT2D eigenvalue weighted by atomic mass is 9.89. The van der Waals surface area contributed by atoms with E-state index in [0.29, 0.717) is 11.3 Å². The zero-order valence-electron chi connectivity index (χ0n) is 14.6. The number of Topliss-reactive ketones (excluding diaryl/α,β-unsaturated/α-hetero) is 1. The van der Waals surface area contributed by atoms with E-state index in [9.17, 15) is 25.2 Å². The topological polar surface area (TPSA) is 116 Å². The molecule has 7 heteroatoms. The van der Waals surface area contributed by atoms with Crippen LogP contribution >= 0.6 is 0 Å². The molecule has 2 aliphatic rings. The predicted molar refractivity (Wildman–Crippen MR) is 95.3 cm³/mol. The molecule has 140 valence electrons. The van der Waals surface area contributed by atoms with Crippen LogP contribution in [-0.4, -0.2) is 37.9 Å². The van der Waals surface area contributed by atoms with Crippen molar-refractivity contribution in [2.24, 2.45) is 0 Å². The van der Waals surface area contributed by atoms with Crippen LogP contribution in [0.25, 0.3) is 6.08 Å². The third-order valence-electron chi connectivity index (χ3n) is 4.65. The summed E-state index contributed by atoms with van der Waals surface area (Å²) in [6.45, 7) is 3.69. The molecule has 0 radical (unpaired) electrons. The fourth-order valence-electron chi connectivity index (χ4n) is 3.32. The van der Waals surface area contributed by atoms with E-state index in [1.807, 2.05) is 13.8 Å². The van der Waals surface area contributed by atoms with Crippen molar-refractivity contribution in [1.29, 1.82) is 0 Å². The molecule has 0 aromatic heterocycles. The number of carbonyl (C=O) groups is 1. The van der Waals surface area contributed by atoms with E-state index in [1.165, 1.54) is 18.2 Å². The van der Waals surface area contributed by atoms with Gasteiger partial charge in [0.15, 0.2) is 12.2 Å². The second-order valence-electron chi connectivity index (χ2n) is 7.14. The van der Waals surface area contributed by atoms with Crippen LogP contribution in [0.2, 0.25) is 0 Å². The SMILES string of the molecule is CC1(C)C=Cc2c(cc(O)c3c2O[C@H](c2ccc(O)cc2O)[C@@H](O)C3=O)O1. The zero-order valence-corrected chi connectivity index (χ0v) is 14.6. The molecule has 0 fully saturated rings. The summed E-state index contributed by atoms with van der Waals surface area (Å²) in [5.74, 6) is -1.15. The van der Waals surface area contributed by atoms with E-state index in [0.717, 1.165) is 6.07 Å². The Kier molecular flexibility index (Phi) is 3.61. The molecule has 2 aromatic carbocycles. The monoisotopic (exact) mass is 370 g/mol. The first-order chi connectivity index (χ1) is 12.7. The Morgan fingerprint density at radius 3 is 2.52 bits per heavy atom. The number of aromatic hydroxyl groups is 3. The Morgan fingerprint density at radius 1 is 1.07 bits per heavy atom. The number of carbonyl (C=O) groups excluding carboxylic acids is 1. The third kappa shape index (κ3) is 2.67. The van der Waals surface area contributed by atoms with Crippen LogP contribution in [-0.2, 0) is 0 Å². The Balaban J connectivity index is 1.87. The summed E-state index contributed by atoms with van der Waals surface area (Å²) < 4.78 is 11.7. The van der Waals surface area contributed by atoms with Crippen molar-refractivity contribution in [3.63, 3.8) is 0 Å². The fourth-order valence-corrected chi connectivity index (χ4v) is 3.32. The molecule has 2 aliphatic heterocycles. The number of ether oxygens (including phenoxy) is 2. The molecule has 0 saturated heterocycles. The minimum absolute atomic E-state index is 0.0736. The summed E-state index contributed by atoms with van der Waals surface area (Å²) in [4.78, 5) is 12.7. The van der Waals surface area contributed by atoms with Crippen molar-refractivity contribution >= 4 is 11.9 Å². The van der Waals surface area contributed by atoms with Gasteiger partial charge in [-0.1, -0.05) is 0 Å². The third-order valence-corrected chi connectivity index (χ3v) is 4.65. The van der Waals surface area contributed by atoms with Gasteiger partial charge in [0.05, 0.1) is 5.56 Å². The number of aliphatic hydroxyl groups excluding tert-OH is 1. The van der Waals surface area contributed by atoms with Gasteiger partial charge in [-0.15, -0.1) is 0 Å². The lowest BCUT2D eigenvalue weighted by molar-refractivity contribution is 0.0199. The van der Waals surface area contributed by atoms with Crippen LogP contribution in [0.4, 0.5) is 0 Å². The molecule has 0 saturated carbocycles. The van der Waals surface area contributed by atoms with E-state index < -0.39 is 23.6 Å². The molecule has 0 amide bonds. The maximum absolute atomic E-state index is 12.7. The number of hydrogen-bond acceptors (Lipinski definition) is 7. The maximum Gasteiger partial charge on any atom is 0.202 e. The number of hydrogen-bond donors (Lipinski definition) is 4. The summed E-state index contributed by atoms with van der Waals surface area (Å²) in [5.41, 5.74) is -0.132. The van der Waals surface area contributed by atoms with Gasteiger partial charge >= 0.3 is 0 Å². The largest absolute Gasteiger partial charge is 0.508 e. The lowest BCUT2D eigenvalue weighted by Gasteiger charge is -2.34. The van der Waals surface area contributed by atoms with E-state index in [-0.39, 0.29) is 34.1 Å². The number of phenols is 3. The van der Waals surface area contributed by atoms with Gasteiger partial charge in [-0.3, -0.25) is 4.79 Å². The van der Waals surface area contributed by atoms with Crippen LogP contribution in [0.1, 0.15) is 41.4 Å². The minimum Gasteiger partial charge on any atom is -0.508 e. The van der Waals surface area contributed by atoms with Gasteiger partial charge in [0, 0.05) is 17.7 Å². The summed E-state index contributed by atoms with van der Waals surface area (Å²) in [6, 6.07) is 5.09. The fraction of sp³-hybridized carbons (Fsp3) is 0.250. The second-order valence-corrected chi connectivity index (χ2v) is 7.14. The Morgan fingerprint density at radius 2 is 1.81 bits per heavy atom.